The standard InChI is InChI=1S/C16H18F2N2O2/c1-2-14(21)19-12-7-5-11(6-8-12)15(22)20-13-4-3-9-16(17,18)10-13/h2,5-8,13H,1,3-4,9-10H2,(H,19,21)(H,20,22). The van der Waals surface area contributed by atoms with Gasteiger partial charge in [0.05, 0.1) is 0 Å². The van der Waals surface area contributed by atoms with Crippen LogP contribution in [-0.2, 0) is 4.79 Å². The van der Waals surface area contributed by atoms with E-state index in [-0.39, 0.29) is 24.7 Å². The van der Waals surface area contributed by atoms with E-state index in [0.29, 0.717) is 24.1 Å². The Kier molecular flexibility index (Phi) is 4.90. The number of anilines is 1. The Morgan fingerprint density at radius 1 is 1.27 bits per heavy atom. The van der Waals surface area contributed by atoms with Crippen LogP contribution in [0.4, 0.5) is 14.5 Å². The van der Waals surface area contributed by atoms with Gasteiger partial charge in [0.15, 0.2) is 0 Å². The van der Waals surface area contributed by atoms with Crippen molar-refractivity contribution in [3.05, 3.63) is 42.5 Å². The zero-order valence-electron chi connectivity index (χ0n) is 12.1. The molecule has 0 bridgehead atoms. The molecule has 0 radical (unpaired) electrons. The van der Waals surface area contributed by atoms with Gasteiger partial charge in [-0.05, 0) is 43.2 Å². The number of carbonyl (C=O) groups excluding carboxylic acids is 2. The Balaban J connectivity index is 1.95. The number of hydrogen-bond donors (Lipinski definition) is 2. The molecule has 0 saturated heterocycles. The molecule has 0 heterocycles. The summed E-state index contributed by atoms with van der Waals surface area (Å²) in [6.45, 7) is 3.34. The summed E-state index contributed by atoms with van der Waals surface area (Å²) in [5.41, 5.74) is 0.899. The Morgan fingerprint density at radius 2 is 1.95 bits per heavy atom. The van der Waals surface area contributed by atoms with E-state index in [2.05, 4.69) is 17.2 Å². The average Bonchev–Trinajstić information content (AvgIpc) is 2.46. The molecule has 1 aromatic carbocycles. The molecule has 1 fully saturated rings. The van der Waals surface area contributed by atoms with Crippen LogP contribution in [0, 0.1) is 0 Å². The minimum atomic E-state index is -2.70. The molecular formula is C16H18F2N2O2. The highest BCUT2D eigenvalue weighted by Crippen LogP contribution is 2.33. The van der Waals surface area contributed by atoms with E-state index in [9.17, 15) is 18.4 Å². The minimum absolute atomic E-state index is 0.114. The number of hydrogen-bond acceptors (Lipinski definition) is 2. The first-order chi connectivity index (χ1) is 10.4. The molecule has 1 aliphatic rings. The fourth-order valence-corrected chi connectivity index (χ4v) is 2.46. The Morgan fingerprint density at radius 3 is 2.55 bits per heavy atom. The number of halogens is 2. The van der Waals surface area contributed by atoms with Gasteiger partial charge in [-0.2, -0.15) is 0 Å². The van der Waals surface area contributed by atoms with Crippen LogP contribution in [0.25, 0.3) is 0 Å². The van der Waals surface area contributed by atoms with Crippen molar-refractivity contribution in [1.29, 1.82) is 0 Å². The zero-order chi connectivity index (χ0) is 16.2. The summed E-state index contributed by atoms with van der Waals surface area (Å²) in [6, 6.07) is 5.72. The zero-order valence-corrected chi connectivity index (χ0v) is 12.1. The number of amides is 2. The molecule has 1 unspecified atom stereocenters. The Bertz CT molecular complexity index is 570. The Labute approximate surface area is 127 Å². The first-order valence-corrected chi connectivity index (χ1v) is 7.12. The molecule has 0 spiro atoms. The smallest absolute Gasteiger partial charge is 0.251 e. The molecule has 22 heavy (non-hydrogen) atoms. The number of rotatable bonds is 4. The van der Waals surface area contributed by atoms with E-state index < -0.39 is 12.0 Å². The summed E-state index contributed by atoms with van der Waals surface area (Å²) < 4.78 is 26.6. The maximum atomic E-state index is 13.3. The van der Waals surface area contributed by atoms with E-state index in [1.807, 2.05) is 0 Å². The van der Waals surface area contributed by atoms with Gasteiger partial charge in [0.25, 0.3) is 5.91 Å². The predicted molar refractivity (Wildman–Crippen MR) is 79.9 cm³/mol. The molecule has 118 valence electrons. The SMILES string of the molecule is C=CC(=O)Nc1ccc(C(=O)NC2CCCC(F)(F)C2)cc1. The summed E-state index contributed by atoms with van der Waals surface area (Å²) in [5.74, 6) is -3.43. The van der Waals surface area contributed by atoms with E-state index >= 15 is 0 Å². The van der Waals surface area contributed by atoms with Crippen LogP contribution in [0.1, 0.15) is 36.0 Å². The highest BCUT2D eigenvalue weighted by atomic mass is 19.3. The van der Waals surface area contributed by atoms with E-state index in [4.69, 9.17) is 0 Å². The summed E-state index contributed by atoms with van der Waals surface area (Å²) >= 11 is 0. The maximum Gasteiger partial charge on any atom is 0.251 e. The van der Waals surface area contributed by atoms with Crippen molar-refractivity contribution in [1.82, 2.24) is 5.32 Å². The van der Waals surface area contributed by atoms with Gasteiger partial charge in [0.1, 0.15) is 0 Å². The van der Waals surface area contributed by atoms with Crippen molar-refractivity contribution < 1.29 is 18.4 Å². The largest absolute Gasteiger partial charge is 0.349 e. The van der Waals surface area contributed by atoms with Crippen LogP contribution in [0.2, 0.25) is 0 Å². The van der Waals surface area contributed by atoms with Crippen molar-refractivity contribution in [2.24, 2.45) is 0 Å². The van der Waals surface area contributed by atoms with Gasteiger partial charge in [0.2, 0.25) is 11.8 Å². The summed E-state index contributed by atoms with van der Waals surface area (Å²) in [5, 5.41) is 5.20. The first-order valence-electron chi connectivity index (χ1n) is 7.12. The van der Waals surface area contributed by atoms with Gasteiger partial charge in [-0.3, -0.25) is 9.59 Å². The van der Waals surface area contributed by atoms with Gasteiger partial charge in [-0.25, -0.2) is 8.78 Å². The van der Waals surface area contributed by atoms with Gasteiger partial charge in [-0.15, -0.1) is 0 Å². The lowest BCUT2D eigenvalue weighted by molar-refractivity contribution is -0.111. The molecule has 6 heteroatoms. The third-order valence-electron chi connectivity index (χ3n) is 3.58. The number of nitrogens with one attached hydrogen (secondary N) is 2. The fraction of sp³-hybridized carbons (Fsp3) is 0.375. The van der Waals surface area contributed by atoms with Crippen LogP contribution in [-0.4, -0.2) is 23.8 Å². The normalized spacial score (nSPS) is 20.0. The molecule has 0 aliphatic heterocycles. The number of alkyl halides is 2. The van der Waals surface area contributed by atoms with Crippen molar-refractivity contribution in [3.63, 3.8) is 0 Å². The molecule has 1 aliphatic carbocycles. The predicted octanol–water partition coefficient (Wildman–Crippen LogP) is 3.12. The highest BCUT2D eigenvalue weighted by Gasteiger charge is 2.36. The van der Waals surface area contributed by atoms with Crippen LogP contribution >= 0.6 is 0 Å². The van der Waals surface area contributed by atoms with Crippen LogP contribution in [0.5, 0.6) is 0 Å². The molecule has 4 nitrogen and oxygen atoms in total. The van der Waals surface area contributed by atoms with Gasteiger partial charge >= 0.3 is 0 Å². The van der Waals surface area contributed by atoms with E-state index in [0.717, 1.165) is 6.08 Å². The molecule has 1 saturated carbocycles. The molecular weight excluding hydrogens is 290 g/mol. The van der Waals surface area contributed by atoms with Crippen LogP contribution in [0.3, 0.4) is 0 Å². The van der Waals surface area contributed by atoms with Crippen LogP contribution < -0.4 is 10.6 Å². The lowest BCUT2D eigenvalue weighted by Gasteiger charge is -2.29. The van der Waals surface area contributed by atoms with Crippen LogP contribution in [0.15, 0.2) is 36.9 Å². The first kappa shape index (κ1) is 16.1. The lowest BCUT2D eigenvalue weighted by Crippen LogP contribution is -2.42. The molecule has 0 aromatic heterocycles. The topological polar surface area (TPSA) is 58.2 Å². The molecule has 1 aromatic rings. The lowest BCUT2D eigenvalue weighted by atomic mass is 9.92. The molecule has 2 N–H and O–H groups in total. The monoisotopic (exact) mass is 308 g/mol. The molecule has 2 rings (SSSR count). The summed E-state index contributed by atoms with van der Waals surface area (Å²) in [6.07, 6.45) is 1.69. The summed E-state index contributed by atoms with van der Waals surface area (Å²) in [4.78, 5) is 23.2. The fourth-order valence-electron chi connectivity index (χ4n) is 2.46. The van der Waals surface area contributed by atoms with Gasteiger partial charge < -0.3 is 10.6 Å². The number of benzene rings is 1. The third kappa shape index (κ3) is 4.38. The van der Waals surface area contributed by atoms with Crippen molar-refractivity contribution in [3.8, 4) is 0 Å². The third-order valence-corrected chi connectivity index (χ3v) is 3.58. The molecule has 1 atom stereocenters. The second kappa shape index (κ2) is 6.68. The van der Waals surface area contributed by atoms with E-state index in [1.165, 1.54) is 12.1 Å². The van der Waals surface area contributed by atoms with Crippen molar-refractivity contribution in [2.45, 2.75) is 37.6 Å². The minimum Gasteiger partial charge on any atom is -0.349 e. The molecule has 2 amide bonds. The van der Waals surface area contributed by atoms with Crippen molar-refractivity contribution in [2.75, 3.05) is 5.32 Å². The van der Waals surface area contributed by atoms with Crippen molar-refractivity contribution >= 4 is 17.5 Å². The Hall–Kier alpha value is -2.24. The maximum absolute atomic E-state index is 13.3. The summed E-state index contributed by atoms with van der Waals surface area (Å²) in [7, 11) is 0. The van der Waals surface area contributed by atoms with E-state index in [1.54, 1.807) is 12.1 Å². The second-order valence-corrected chi connectivity index (χ2v) is 5.39. The number of carbonyl (C=O) groups is 2. The van der Waals surface area contributed by atoms with Gasteiger partial charge in [0, 0.05) is 30.1 Å². The average molecular weight is 308 g/mol. The second-order valence-electron chi connectivity index (χ2n) is 5.39. The highest BCUT2D eigenvalue weighted by molar-refractivity contribution is 5.99. The van der Waals surface area contributed by atoms with Gasteiger partial charge in [-0.1, -0.05) is 6.58 Å². The quantitative estimate of drug-likeness (QED) is 0.840.